The van der Waals surface area contributed by atoms with Gasteiger partial charge >= 0.3 is 12.0 Å². The summed E-state index contributed by atoms with van der Waals surface area (Å²) in [5, 5.41) is 20.5. The fourth-order valence-electron chi connectivity index (χ4n) is 1.73. The van der Waals surface area contributed by atoms with Gasteiger partial charge in [0, 0.05) is 11.0 Å². The van der Waals surface area contributed by atoms with E-state index in [-0.39, 0.29) is 12.5 Å². The Labute approximate surface area is 131 Å². The van der Waals surface area contributed by atoms with Crippen LogP contribution in [0.2, 0.25) is 0 Å². The predicted octanol–water partition coefficient (Wildman–Crippen LogP) is 2.90. The first-order valence-electron chi connectivity index (χ1n) is 6.31. The van der Waals surface area contributed by atoms with Gasteiger partial charge in [0.2, 0.25) is 0 Å². The van der Waals surface area contributed by atoms with E-state index in [1.165, 1.54) is 4.90 Å². The van der Waals surface area contributed by atoms with Gasteiger partial charge in [0.25, 0.3) is 0 Å². The summed E-state index contributed by atoms with van der Waals surface area (Å²) in [6.07, 6.45) is 0. The third kappa shape index (κ3) is 5.44. The molecule has 0 aliphatic heterocycles. The van der Waals surface area contributed by atoms with Crippen molar-refractivity contribution >= 4 is 33.6 Å². The average Bonchev–Trinajstić information content (AvgIpc) is 2.37. The summed E-state index contributed by atoms with van der Waals surface area (Å²) in [5.41, 5.74) is 0.655. The van der Waals surface area contributed by atoms with Gasteiger partial charge in [-0.3, -0.25) is 4.79 Å². The van der Waals surface area contributed by atoms with E-state index >= 15 is 0 Å². The molecule has 0 atom stereocenters. The predicted molar refractivity (Wildman–Crippen MR) is 81.9 cm³/mol. The summed E-state index contributed by atoms with van der Waals surface area (Å²) in [5.74, 6) is -0.950. The topological polar surface area (TPSA) is 93.4 Å². The molecule has 0 heterocycles. The summed E-state index contributed by atoms with van der Waals surface area (Å²) in [6, 6.07) is 6.30. The molecule has 0 aromatic heterocycles. The van der Waals surface area contributed by atoms with Gasteiger partial charge in [-0.15, -0.1) is 0 Å². The van der Waals surface area contributed by atoms with Crippen LogP contribution in [-0.2, 0) is 4.79 Å². The highest BCUT2D eigenvalue weighted by molar-refractivity contribution is 9.10. The molecule has 7 heteroatoms. The number of carboxylic acid groups (broad SMARTS) is 1. The van der Waals surface area contributed by atoms with Crippen molar-refractivity contribution in [3.63, 3.8) is 0 Å². The smallest absolute Gasteiger partial charge is 0.323 e. The second-order valence-corrected chi connectivity index (χ2v) is 5.82. The van der Waals surface area contributed by atoms with Crippen molar-refractivity contribution in [1.29, 1.82) is 5.26 Å². The number of hydrogen-bond donors (Lipinski definition) is 2. The minimum absolute atomic E-state index is 0.132. The molecule has 6 nitrogen and oxygen atoms in total. The van der Waals surface area contributed by atoms with Crippen LogP contribution in [0.1, 0.15) is 19.4 Å². The highest BCUT2D eigenvalue weighted by Crippen LogP contribution is 2.21. The third-order valence-corrected chi connectivity index (χ3v) is 3.04. The third-order valence-electron chi connectivity index (χ3n) is 2.54. The van der Waals surface area contributed by atoms with Crippen LogP contribution < -0.4 is 5.32 Å². The first-order valence-corrected chi connectivity index (χ1v) is 7.10. The maximum absolute atomic E-state index is 12.2. The molecule has 1 aromatic carbocycles. The number of nitrogens with one attached hydrogen (secondary N) is 1. The van der Waals surface area contributed by atoms with Crippen molar-refractivity contribution in [2.24, 2.45) is 5.92 Å². The van der Waals surface area contributed by atoms with Crippen LogP contribution >= 0.6 is 15.9 Å². The number of amides is 2. The number of hydrogen-bond acceptors (Lipinski definition) is 3. The molecular formula is C14H16BrN3O3. The van der Waals surface area contributed by atoms with E-state index < -0.39 is 12.0 Å². The molecule has 0 saturated carbocycles. The van der Waals surface area contributed by atoms with E-state index in [1.54, 1.807) is 18.2 Å². The fourth-order valence-corrected chi connectivity index (χ4v) is 2.10. The van der Waals surface area contributed by atoms with Crippen LogP contribution in [0, 0.1) is 17.2 Å². The van der Waals surface area contributed by atoms with Crippen LogP contribution in [0.4, 0.5) is 10.5 Å². The number of anilines is 1. The minimum atomic E-state index is -1.08. The monoisotopic (exact) mass is 353 g/mol. The number of halogens is 1. The molecule has 0 aliphatic rings. The second-order valence-electron chi connectivity index (χ2n) is 4.90. The molecule has 0 fully saturated rings. The molecule has 112 valence electrons. The zero-order chi connectivity index (χ0) is 16.0. The van der Waals surface area contributed by atoms with Crippen molar-refractivity contribution in [2.45, 2.75) is 13.8 Å². The maximum Gasteiger partial charge on any atom is 0.323 e. The first kappa shape index (κ1) is 17.0. The summed E-state index contributed by atoms with van der Waals surface area (Å²) in [6.45, 7) is 3.71. The molecule has 0 unspecified atom stereocenters. The van der Waals surface area contributed by atoms with Gasteiger partial charge in [-0.25, -0.2) is 4.79 Å². The molecule has 1 rings (SSSR count). The van der Waals surface area contributed by atoms with Crippen molar-refractivity contribution in [3.8, 4) is 6.07 Å². The number of benzene rings is 1. The highest BCUT2D eigenvalue weighted by atomic mass is 79.9. The van der Waals surface area contributed by atoms with Crippen molar-refractivity contribution in [2.75, 3.05) is 18.4 Å². The molecule has 0 spiro atoms. The Bertz CT molecular complexity index is 581. The van der Waals surface area contributed by atoms with Gasteiger partial charge in [0.1, 0.15) is 12.6 Å². The Morgan fingerprint density at radius 1 is 1.48 bits per heavy atom. The molecule has 0 aliphatic carbocycles. The van der Waals surface area contributed by atoms with E-state index in [1.807, 2.05) is 19.9 Å². The number of urea groups is 1. The number of nitrogens with zero attached hydrogens (tertiary/aromatic N) is 2. The number of rotatable bonds is 5. The molecular weight excluding hydrogens is 338 g/mol. The Kier molecular flexibility index (Phi) is 6.18. The quantitative estimate of drug-likeness (QED) is 0.850. The van der Waals surface area contributed by atoms with Crippen LogP contribution in [0.3, 0.4) is 0 Å². The summed E-state index contributed by atoms with van der Waals surface area (Å²) >= 11 is 3.26. The summed E-state index contributed by atoms with van der Waals surface area (Å²) in [7, 11) is 0. The highest BCUT2D eigenvalue weighted by Gasteiger charge is 2.19. The van der Waals surface area contributed by atoms with Gasteiger partial charge in [0.05, 0.1) is 11.3 Å². The van der Waals surface area contributed by atoms with Crippen molar-refractivity contribution in [3.05, 3.63) is 28.2 Å². The largest absolute Gasteiger partial charge is 0.480 e. The van der Waals surface area contributed by atoms with E-state index in [4.69, 9.17) is 10.4 Å². The summed E-state index contributed by atoms with van der Waals surface area (Å²) in [4.78, 5) is 24.2. The molecule has 0 radical (unpaired) electrons. The lowest BCUT2D eigenvalue weighted by molar-refractivity contribution is -0.137. The SMILES string of the molecule is CC(C)CN(CC(=O)O)C(=O)Nc1cc(Br)ccc1C#N. The van der Waals surface area contributed by atoms with Gasteiger partial charge in [-0.05, 0) is 24.1 Å². The van der Waals surface area contributed by atoms with Crippen LogP contribution in [-0.4, -0.2) is 35.1 Å². The van der Waals surface area contributed by atoms with Crippen molar-refractivity contribution in [1.82, 2.24) is 4.90 Å². The molecule has 0 saturated heterocycles. The zero-order valence-electron chi connectivity index (χ0n) is 11.8. The van der Waals surface area contributed by atoms with Gasteiger partial charge < -0.3 is 15.3 Å². The molecule has 2 amide bonds. The Balaban J connectivity index is 2.93. The fraction of sp³-hybridized carbons (Fsp3) is 0.357. The lowest BCUT2D eigenvalue weighted by atomic mass is 10.2. The van der Waals surface area contributed by atoms with E-state index in [9.17, 15) is 9.59 Å². The van der Waals surface area contributed by atoms with E-state index in [0.29, 0.717) is 22.3 Å². The molecule has 21 heavy (non-hydrogen) atoms. The Morgan fingerprint density at radius 3 is 2.67 bits per heavy atom. The first-order chi connectivity index (χ1) is 9.83. The summed E-state index contributed by atoms with van der Waals surface area (Å²) < 4.78 is 0.713. The van der Waals surface area contributed by atoms with Crippen LogP contribution in [0.5, 0.6) is 0 Å². The second kappa shape index (κ2) is 7.64. The van der Waals surface area contributed by atoms with Crippen molar-refractivity contribution < 1.29 is 14.7 Å². The minimum Gasteiger partial charge on any atom is -0.480 e. The molecule has 2 N–H and O–H groups in total. The number of aliphatic carboxylic acids is 1. The maximum atomic E-state index is 12.2. The number of carbonyl (C=O) groups is 2. The normalized spacial score (nSPS) is 10.0. The van der Waals surface area contributed by atoms with Gasteiger partial charge in [-0.1, -0.05) is 29.8 Å². The van der Waals surface area contributed by atoms with Crippen LogP contribution in [0.25, 0.3) is 0 Å². The van der Waals surface area contributed by atoms with Crippen LogP contribution in [0.15, 0.2) is 22.7 Å². The number of carboxylic acids is 1. The number of carbonyl (C=O) groups excluding carboxylic acids is 1. The van der Waals surface area contributed by atoms with E-state index in [0.717, 1.165) is 0 Å². The Morgan fingerprint density at radius 2 is 2.14 bits per heavy atom. The lowest BCUT2D eigenvalue weighted by Crippen LogP contribution is -2.41. The average molecular weight is 354 g/mol. The number of nitriles is 1. The standard InChI is InChI=1S/C14H16BrN3O3/c1-9(2)7-18(8-13(19)20)14(21)17-12-5-11(15)4-3-10(12)6-16/h3-5,9H,7-8H2,1-2H3,(H,17,21)(H,19,20). The van der Waals surface area contributed by atoms with Gasteiger partial charge in [0.15, 0.2) is 0 Å². The van der Waals surface area contributed by atoms with Gasteiger partial charge in [-0.2, -0.15) is 5.26 Å². The lowest BCUT2D eigenvalue weighted by Gasteiger charge is -2.23. The molecule has 1 aromatic rings. The van der Waals surface area contributed by atoms with E-state index in [2.05, 4.69) is 21.2 Å². The Hall–Kier alpha value is -2.07. The molecule has 0 bridgehead atoms. The zero-order valence-corrected chi connectivity index (χ0v) is 13.3.